The minimum Gasteiger partial charge on any atom is -0.340 e. The summed E-state index contributed by atoms with van der Waals surface area (Å²) in [4.78, 5) is 22.1. The van der Waals surface area contributed by atoms with Crippen LogP contribution in [-0.4, -0.2) is 20.0 Å². The highest BCUT2D eigenvalue weighted by molar-refractivity contribution is 7.80. The molecule has 156 valence electrons. The molecule has 6 heteroatoms. The first-order valence-electron chi connectivity index (χ1n) is 10.1. The molecule has 2 N–H and O–H groups in total. The van der Waals surface area contributed by atoms with Crippen LogP contribution < -0.4 is 10.9 Å². The lowest BCUT2D eigenvalue weighted by molar-refractivity contribution is 0.410. The molecule has 0 saturated carbocycles. The summed E-state index contributed by atoms with van der Waals surface area (Å²) in [6.07, 6.45) is 3.56. The van der Waals surface area contributed by atoms with Gasteiger partial charge in [-0.2, -0.15) is 0 Å². The third-order valence-corrected chi connectivity index (χ3v) is 5.50. The summed E-state index contributed by atoms with van der Waals surface area (Å²) < 4.78 is 0. The molecule has 0 amide bonds. The van der Waals surface area contributed by atoms with Crippen molar-refractivity contribution < 1.29 is 0 Å². The number of para-hydroxylation sites is 1. The summed E-state index contributed by atoms with van der Waals surface area (Å²) in [5.74, 6) is 0. The fourth-order valence-corrected chi connectivity index (χ4v) is 3.94. The average molecular weight is 429 g/mol. The molecule has 0 spiro atoms. The molecule has 0 aliphatic heterocycles. The Hall–Kier alpha value is -3.51. The second kappa shape index (κ2) is 9.10. The molecule has 2 heterocycles. The van der Waals surface area contributed by atoms with E-state index in [9.17, 15) is 4.79 Å². The number of anilines is 1. The highest BCUT2D eigenvalue weighted by Crippen LogP contribution is 2.19. The fourth-order valence-electron chi connectivity index (χ4n) is 3.69. The number of fused-ring (bicyclic) bond motifs is 1. The van der Waals surface area contributed by atoms with Crippen molar-refractivity contribution in [2.75, 3.05) is 5.32 Å². The van der Waals surface area contributed by atoms with Gasteiger partial charge in [-0.15, -0.1) is 0 Å². The number of benzene rings is 2. The van der Waals surface area contributed by atoms with E-state index in [0.717, 1.165) is 33.3 Å². The first-order valence-corrected chi connectivity index (χ1v) is 10.5. The van der Waals surface area contributed by atoms with Gasteiger partial charge in [0, 0.05) is 30.2 Å². The zero-order chi connectivity index (χ0) is 21.8. The Morgan fingerprint density at radius 2 is 1.87 bits per heavy atom. The summed E-state index contributed by atoms with van der Waals surface area (Å²) in [7, 11) is 0. The van der Waals surface area contributed by atoms with Crippen LogP contribution in [0, 0.1) is 13.8 Å². The van der Waals surface area contributed by atoms with E-state index in [-0.39, 0.29) is 5.56 Å². The molecule has 4 aromatic rings. The lowest BCUT2D eigenvalue weighted by atomic mass is 10.1. The van der Waals surface area contributed by atoms with Crippen molar-refractivity contribution in [2.45, 2.75) is 26.9 Å². The Morgan fingerprint density at radius 3 is 2.61 bits per heavy atom. The zero-order valence-electron chi connectivity index (χ0n) is 17.6. The molecule has 0 radical (unpaired) electrons. The normalized spacial score (nSPS) is 10.8. The number of aryl methyl sites for hydroxylation is 2. The number of pyridine rings is 2. The van der Waals surface area contributed by atoms with Gasteiger partial charge in [-0.3, -0.25) is 9.78 Å². The largest absolute Gasteiger partial charge is 0.340 e. The Morgan fingerprint density at radius 1 is 1.06 bits per heavy atom. The van der Waals surface area contributed by atoms with Crippen LogP contribution in [0.4, 0.5) is 5.69 Å². The maximum atomic E-state index is 12.9. The molecule has 5 nitrogen and oxygen atoms in total. The van der Waals surface area contributed by atoms with Gasteiger partial charge in [-0.25, -0.2) is 0 Å². The Labute approximate surface area is 186 Å². The van der Waals surface area contributed by atoms with E-state index in [4.69, 9.17) is 12.2 Å². The predicted octanol–water partition coefficient (Wildman–Crippen LogP) is 4.94. The van der Waals surface area contributed by atoms with E-state index < -0.39 is 0 Å². The summed E-state index contributed by atoms with van der Waals surface area (Å²) in [6.45, 7) is 4.99. The van der Waals surface area contributed by atoms with Crippen molar-refractivity contribution in [3.05, 3.63) is 106 Å². The summed E-state index contributed by atoms with van der Waals surface area (Å²) >= 11 is 5.72. The molecule has 0 bridgehead atoms. The minimum atomic E-state index is -0.0989. The van der Waals surface area contributed by atoms with E-state index in [2.05, 4.69) is 34.3 Å². The number of nitrogens with zero attached hydrogens (tertiary/aromatic N) is 2. The van der Waals surface area contributed by atoms with E-state index in [1.165, 1.54) is 0 Å². The second-order valence-electron chi connectivity index (χ2n) is 7.68. The van der Waals surface area contributed by atoms with Gasteiger partial charge in [-0.05, 0) is 72.9 Å². The highest BCUT2D eigenvalue weighted by atomic mass is 32.1. The van der Waals surface area contributed by atoms with Gasteiger partial charge in [0.2, 0.25) is 0 Å². The maximum Gasteiger partial charge on any atom is 0.253 e. The van der Waals surface area contributed by atoms with Crippen molar-refractivity contribution in [3.63, 3.8) is 0 Å². The second-order valence-corrected chi connectivity index (χ2v) is 8.07. The third-order valence-electron chi connectivity index (χ3n) is 5.14. The van der Waals surface area contributed by atoms with Crippen LogP contribution in [-0.2, 0) is 13.1 Å². The van der Waals surface area contributed by atoms with Crippen LogP contribution in [0.15, 0.2) is 77.9 Å². The molecular formula is C25H24N4OS. The maximum absolute atomic E-state index is 12.9. The van der Waals surface area contributed by atoms with Crippen LogP contribution in [0.3, 0.4) is 0 Å². The minimum absolute atomic E-state index is 0.0989. The predicted molar refractivity (Wildman–Crippen MR) is 130 cm³/mol. The van der Waals surface area contributed by atoms with Crippen LogP contribution in [0.1, 0.15) is 22.3 Å². The Balaban J connectivity index is 1.67. The fraction of sp³-hybridized carbons (Fsp3) is 0.160. The van der Waals surface area contributed by atoms with Crippen LogP contribution >= 0.6 is 12.2 Å². The molecule has 0 saturated heterocycles. The van der Waals surface area contributed by atoms with E-state index >= 15 is 0 Å². The van der Waals surface area contributed by atoms with Crippen molar-refractivity contribution in [1.82, 2.24) is 14.9 Å². The van der Waals surface area contributed by atoms with Gasteiger partial charge in [0.15, 0.2) is 5.11 Å². The average Bonchev–Trinajstić information content (AvgIpc) is 2.76. The van der Waals surface area contributed by atoms with Crippen LogP contribution in [0.2, 0.25) is 0 Å². The van der Waals surface area contributed by atoms with Gasteiger partial charge >= 0.3 is 0 Å². The van der Waals surface area contributed by atoms with Gasteiger partial charge in [0.05, 0.1) is 12.1 Å². The molecule has 0 aliphatic carbocycles. The topological polar surface area (TPSA) is 61.0 Å². The lowest BCUT2D eigenvalue weighted by Gasteiger charge is -2.26. The highest BCUT2D eigenvalue weighted by Gasteiger charge is 2.15. The molecular weight excluding hydrogens is 404 g/mol. The molecule has 31 heavy (non-hydrogen) atoms. The summed E-state index contributed by atoms with van der Waals surface area (Å²) in [5.41, 5.74) is 5.59. The molecule has 0 atom stereocenters. The Bertz CT molecular complexity index is 1270. The standard InChI is InChI=1S/C25H24N4OS/c1-17-11-18(2)23-20(12-17)13-21(24(30)28-23)16-29(15-19-7-6-10-26-14-19)25(31)27-22-8-4-3-5-9-22/h3-14H,15-16H2,1-2H3,(H,27,31)(H,28,30). The number of hydrogen-bond donors (Lipinski definition) is 2. The van der Waals surface area contributed by atoms with E-state index in [1.54, 1.807) is 6.20 Å². The number of hydrogen-bond acceptors (Lipinski definition) is 3. The van der Waals surface area contributed by atoms with Gasteiger partial charge < -0.3 is 15.2 Å². The van der Waals surface area contributed by atoms with E-state index in [1.807, 2.05) is 66.6 Å². The van der Waals surface area contributed by atoms with Crippen molar-refractivity contribution in [2.24, 2.45) is 0 Å². The number of H-pyrrole nitrogens is 1. The number of thiocarbonyl (C=S) groups is 1. The smallest absolute Gasteiger partial charge is 0.253 e. The Kier molecular flexibility index (Phi) is 6.09. The van der Waals surface area contributed by atoms with Gasteiger partial charge in [0.25, 0.3) is 5.56 Å². The molecule has 2 aromatic heterocycles. The van der Waals surface area contributed by atoms with Crippen LogP contribution in [0.5, 0.6) is 0 Å². The zero-order valence-corrected chi connectivity index (χ0v) is 18.4. The number of aromatic amines is 1. The molecule has 2 aromatic carbocycles. The number of aromatic nitrogens is 2. The summed E-state index contributed by atoms with van der Waals surface area (Å²) in [5, 5.41) is 4.86. The van der Waals surface area contributed by atoms with E-state index in [0.29, 0.717) is 23.8 Å². The molecule has 4 rings (SSSR count). The molecule has 0 aliphatic rings. The first kappa shape index (κ1) is 20.8. The first-order chi connectivity index (χ1) is 15.0. The van der Waals surface area contributed by atoms with Crippen molar-refractivity contribution in [3.8, 4) is 0 Å². The van der Waals surface area contributed by atoms with Crippen molar-refractivity contribution >= 4 is 33.9 Å². The monoisotopic (exact) mass is 428 g/mol. The van der Waals surface area contributed by atoms with Gasteiger partial charge in [-0.1, -0.05) is 35.9 Å². The van der Waals surface area contributed by atoms with Gasteiger partial charge in [0.1, 0.15) is 0 Å². The lowest BCUT2D eigenvalue weighted by Crippen LogP contribution is -2.35. The number of rotatable bonds is 5. The quantitative estimate of drug-likeness (QED) is 0.441. The molecule has 0 fully saturated rings. The van der Waals surface area contributed by atoms with Crippen molar-refractivity contribution in [1.29, 1.82) is 0 Å². The number of nitrogens with one attached hydrogen (secondary N) is 2. The van der Waals surface area contributed by atoms with Crippen LogP contribution in [0.25, 0.3) is 10.9 Å². The SMILES string of the molecule is Cc1cc(C)c2[nH]c(=O)c(CN(Cc3cccnc3)C(=S)Nc3ccccc3)cc2c1. The molecule has 0 unspecified atom stereocenters. The summed E-state index contributed by atoms with van der Waals surface area (Å²) in [6, 6.07) is 19.8. The third kappa shape index (κ3) is 4.98.